The second-order valence-corrected chi connectivity index (χ2v) is 8.07. The van der Waals surface area contributed by atoms with Gasteiger partial charge in [0, 0.05) is 5.69 Å². The third-order valence-electron chi connectivity index (χ3n) is 6.03. The van der Waals surface area contributed by atoms with Gasteiger partial charge in [0.05, 0.1) is 33.6 Å². The van der Waals surface area contributed by atoms with Gasteiger partial charge in [-0.15, -0.1) is 0 Å². The number of aromatic nitrogens is 2. The van der Waals surface area contributed by atoms with Crippen molar-refractivity contribution >= 4 is 40.1 Å². The molecule has 0 fully saturated rings. The Kier molecular flexibility index (Phi) is 4.42. The summed E-state index contributed by atoms with van der Waals surface area (Å²) in [7, 11) is 0. The Hall–Kier alpha value is -4.24. The highest BCUT2D eigenvalue weighted by Gasteiger charge is 2.29. The van der Waals surface area contributed by atoms with E-state index in [4.69, 9.17) is 4.98 Å². The summed E-state index contributed by atoms with van der Waals surface area (Å²) in [4.78, 5) is 18.0. The number of amides is 1. The lowest BCUT2D eigenvalue weighted by Crippen LogP contribution is -2.21. The van der Waals surface area contributed by atoms with Gasteiger partial charge in [-0.25, -0.2) is 4.98 Å². The van der Waals surface area contributed by atoms with Gasteiger partial charge in [-0.1, -0.05) is 29.8 Å². The van der Waals surface area contributed by atoms with E-state index in [9.17, 15) is 10.1 Å². The summed E-state index contributed by atoms with van der Waals surface area (Å²) in [5.74, 6) is -0.181. The fourth-order valence-corrected chi connectivity index (χ4v) is 4.26. The molecule has 0 atom stereocenters. The van der Waals surface area contributed by atoms with Crippen molar-refractivity contribution in [3.8, 4) is 6.07 Å². The molecule has 0 saturated heterocycles. The van der Waals surface area contributed by atoms with Crippen molar-refractivity contribution in [3.05, 3.63) is 82.1 Å². The summed E-state index contributed by atoms with van der Waals surface area (Å²) in [5.41, 5.74) is 8.47. The zero-order chi connectivity index (χ0) is 22.6. The number of nitriles is 1. The van der Waals surface area contributed by atoms with Crippen LogP contribution < -0.4 is 5.01 Å². The van der Waals surface area contributed by atoms with E-state index in [1.165, 1.54) is 5.01 Å². The van der Waals surface area contributed by atoms with Crippen molar-refractivity contribution in [1.82, 2.24) is 9.38 Å². The van der Waals surface area contributed by atoms with Crippen LogP contribution >= 0.6 is 0 Å². The van der Waals surface area contributed by atoms with Crippen molar-refractivity contribution in [2.75, 3.05) is 5.01 Å². The minimum Gasteiger partial charge on any atom is -0.295 e. The summed E-state index contributed by atoms with van der Waals surface area (Å²) in [5, 5.41) is 15.8. The number of anilines is 1. The van der Waals surface area contributed by atoms with Crippen LogP contribution in [0.15, 0.2) is 59.2 Å². The lowest BCUT2D eigenvalue weighted by molar-refractivity contribution is -0.114. The molecule has 156 valence electrons. The maximum Gasteiger partial charge on any atom is 0.280 e. The molecule has 3 heterocycles. The standard InChI is InChI=1S/C26H21N5O/c1-15-9-11-19(12-10-15)31-26(32)21(17(3)29-31)13-20-16(2)22(14-27)25-28-23-7-5-6-8-24(23)30(25)18(20)4/h5-13H,1-4H3. The van der Waals surface area contributed by atoms with Gasteiger partial charge in [0.1, 0.15) is 6.07 Å². The average molecular weight is 419 g/mol. The van der Waals surface area contributed by atoms with Crippen LogP contribution in [-0.2, 0) is 4.79 Å². The molecule has 5 rings (SSSR count). The molecule has 0 aliphatic carbocycles. The first-order valence-electron chi connectivity index (χ1n) is 10.4. The molecule has 1 aliphatic rings. The molecule has 0 radical (unpaired) electrons. The number of aryl methyl sites for hydroxylation is 2. The Morgan fingerprint density at radius 1 is 1.00 bits per heavy atom. The molecule has 1 aliphatic heterocycles. The summed E-state index contributed by atoms with van der Waals surface area (Å²) in [6, 6.07) is 17.8. The Morgan fingerprint density at radius 3 is 2.44 bits per heavy atom. The number of hydrogen-bond donors (Lipinski definition) is 0. The van der Waals surface area contributed by atoms with Gasteiger partial charge >= 0.3 is 0 Å². The zero-order valence-corrected chi connectivity index (χ0v) is 18.3. The van der Waals surface area contributed by atoms with Gasteiger partial charge in [-0.3, -0.25) is 9.20 Å². The third-order valence-corrected chi connectivity index (χ3v) is 6.03. The number of para-hydroxylation sites is 2. The third kappa shape index (κ3) is 2.83. The van der Waals surface area contributed by atoms with Crippen molar-refractivity contribution in [2.24, 2.45) is 5.10 Å². The van der Waals surface area contributed by atoms with E-state index in [1.807, 2.05) is 86.7 Å². The first-order valence-corrected chi connectivity index (χ1v) is 10.4. The van der Waals surface area contributed by atoms with E-state index in [-0.39, 0.29) is 5.91 Å². The number of rotatable bonds is 2. The first-order chi connectivity index (χ1) is 15.4. The van der Waals surface area contributed by atoms with Crippen molar-refractivity contribution in [2.45, 2.75) is 27.7 Å². The Morgan fingerprint density at radius 2 is 1.72 bits per heavy atom. The molecule has 6 nitrogen and oxygen atoms in total. The molecule has 32 heavy (non-hydrogen) atoms. The molecule has 0 bridgehead atoms. The number of carbonyl (C=O) groups excluding carboxylic acids is 1. The first kappa shape index (κ1) is 19.7. The van der Waals surface area contributed by atoms with Gasteiger partial charge in [-0.05, 0) is 69.2 Å². The molecule has 0 N–H and O–H groups in total. The number of pyridine rings is 1. The lowest BCUT2D eigenvalue weighted by Gasteiger charge is -2.14. The number of benzene rings is 2. The SMILES string of the molecule is CC1=NN(c2ccc(C)cc2)C(=O)C1=Cc1c(C)c(C#N)c2nc3ccccc3n2c1C. The number of nitrogens with zero attached hydrogens (tertiary/aromatic N) is 5. The van der Waals surface area contributed by atoms with Gasteiger partial charge < -0.3 is 0 Å². The number of hydrazone groups is 1. The van der Waals surface area contributed by atoms with Crippen LogP contribution in [0.5, 0.6) is 0 Å². The van der Waals surface area contributed by atoms with Crippen LogP contribution in [0, 0.1) is 32.1 Å². The van der Waals surface area contributed by atoms with Crippen molar-refractivity contribution in [1.29, 1.82) is 5.26 Å². The summed E-state index contributed by atoms with van der Waals surface area (Å²) in [6.45, 7) is 7.73. The van der Waals surface area contributed by atoms with Crippen LogP contribution in [-0.4, -0.2) is 21.0 Å². The molecule has 0 unspecified atom stereocenters. The van der Waals surface area contributed by atoms with Crippen molar-refractivity contribution < 1.29 is 4.79 Å². The predicted octanol–water partition coefficient (Wildman–Crippen LogP) is 5.09. The van der Waals surface area contributed by atoms with Crippen LogP contribution in [0.25, 0.3) is 22.8 Å². The average Bonchev–Trinajstić information content (AvgIpc) is 3.30. The maximum atomic E-state index is 13.3. The van der Waals surface area contributed by atoms with Gasteiger partial charge in [0.25, 0.3) is 5.91 Å². The second kappa shape index (κ2) is 7.17. The highest BCUT2D eigenvalue weighted by atomic mass is 16.2. The fourth-order valence-electron chi connectivity index (χ4n) is 4.26. The van der Waals surface area contributed by atoms with E-state index < -0.39 is 0 Å². The van der Waals surface area contributed by atoms with Gasteiger partial charge in [-0.2, -0.15) is 15.4 Å². The number of imidazole rings is 1. The van der Waals surface area contributed by atoms with E-state index in [0.717, 1.165) is 39.1 Å². The number of hydrogen-bond acceptors (Lipinski definition) is 4. The van der Waals surface area contributed by atoms with E-state index >= 15 is 0 Å². The molecule has 4 aromatic rings. The summed E-state index contributed by atoms with van der Waals surface area (Å²) < 4.78 is 2.00. The molecular formula is C26H21N5O. The number of fused-ring (bicyclic) bond motifs is 3. The molecule has 2 aromatic carbocycles. The van der Waals surface area contributed by atoms with Gasteiger partial charge in [0.15, 0.2) is 5.65 Å². The quantitative estimate of drug-likeness (QED) is 0.425. The molecular weight excluding hydrogens is 398 g/mol. The smallest absolute Gasteiger partial charge is 0.280 e. The van der Waals surface area contributed by atoms with Crippen LogP contribution in [0.4, 0.5) is 5.69 Å². The Labute approximate surface area is 185 Å². The normalized spacial score (nSPS) is 15.1. The maximum absolute atomic E-state index is 13.3. The minimum atomic E-state index is -0.181. The lowest BCUT2D eigenvalue weighted by atomic mass is 9.98. The fraction of sp³-hybridized carbons (Fsp3) is 0.154. The van der Waals surface area contributed by atoms with E-state index in [0.29, 0.717) is 22.5 Å². The zero-order valence-electron chi connectivity index (χ0n) is 18.3. The summed E-state index contributed by atoms with van der Waals surface area (Å²) >= 11 is 0. The highest BCUT2D eigenvalue weighted by Crippen LogP contribution is 2.31. The van der Waals surface area contributed by atoms with Crippen LogP contribution in [0.3, 0.4) is 0 Å². The van der Waals surface area contributed by atoms with Gasteiger partial charge in [0.2, 0.25) is 0 Å². The van der Waals surface area contributed by atoms with E-state index in [1.54, 1.807) is 0 Å². The van der Waals surface area contributed by atoms with Crippen molar-refractivity contribution in [3.63, 3.8) is 0 Å². The monoisotopic (exact) mass is 419 g/mol. The summed E-state index contributed by atoms with van der Waals surface area (Å²) in [6.07, 6.45) is 1.86. The predicted molar refractivity (Wildman–Crippen MR) is 127 cm³/mol. The largest absolute Gasteiger partial charge is 0.295 e. The minimum absolute atomic E-state index is 0.181. The highest BCUT2D eigenvalue weighted by molar-refractivity contribution is 6.32. The molecule has 2 aromatic heterocycles. The topological polar surface area (TPSA) is 73.8 Å². The van der Waals surface area contributed by atoms with E-state index in [2.05, 4.69) is 11.2 Å². The second-order valence-electron chi connectivity index (χ2n) is 8.07. The molecule has 1 amide bonds. The Balaban J connectivity index is 1.71. The Bertz CT molecular complexity index is 1530. The molecule has 0 saturated carbocycles. The number of carbonyl (C=O) groups is 1. The van der Waals surface area contributed by atoms with Crippen LogP contribution in [0.2, 0.25) is 0 Å². The molecule has 0 spiro atoms. The van der Waals surface area contributed by atoms with Crippen LogP contribution in [0.1, 0.15) is 34.9 Å². The molecule has 6 heteroatoms.